The average molecular weight is 785 g/mol. The fourth-order valence-electron chi connectivity index (χ4n) is 6.74. The van der Waals surface area contributed by atoms with Gasteiger partial charge in [0.2, 0.25) is 10.0 Å². The maximum atomic E-state index is 13.1. The van der Waals surface area contributed by atoms with E-state index in [2.05, 4.69) is 20.2 Å². The summed E-state index contributed by atoms with van der Waals surface area (Å²) in [6.07, 6.45) is 4.38. The second kappa shape index (κ2) is 16.4. The van der Waals surface area contributed by atoms with Crippen LogP contribution in [0.1, 0.15) is 112 Å². The highest BCUT2D eigenvalue weighted by Gasteiger charge is 2.35. The van der Waals surface area contributed by atoms with Gasteiger partial charge in [0.05, 0.1) is 30.0 Å². The minimum absolute atomic E-state index is 0.0161. The first-order valence-corrected chi connectivity index (χ1v) is 19.7. The highest BCUT2D eigenvalue weighted by atomic mass is 35.5. The fraction of sp³-hybridized carbons (Fsp3) is 0.405. The summed E-state index contributed by atoms with van der Waals surface area (Å²) in [5, 5.41) is 10.3. The standard InChI is InChI=1S/C18H17F3N4OS.C17H17ClN4OS.C2H6/c1-11-22-10-15-25(11)23-16(27-15)17(26)24-8-3-2-7-14(24)12-5-4-6-13(9-12)18(19,20)21;1-11-19-10-15-22(11)20-16(24-15)17(23)21-9-5-4-8-14(21)12-6-2-3-7-13(12)18;1-2/h4-6,9-10,14H,2-3,7-8H2,1H3;2-3,6-7,10,14H,4-5,8-9H2,1H3;1-2H3. The summed E-state index contributed by atoms with van der Waals surface area (Å²) in [6, 6.07) is 12.7. The number of halogens is 4. The van der Waals surface area contributed by atoms with E-state index in [0.717, 1.165) is 76.9 Å². The molecule has 8 rings (SSSR count). The molecule has 6 aromatic rings. The lowest BCUT2D eigenvalue weighted by Crippen LogP contribution is -2.38. The SMILES string of the molecule is CC.Cc1ncc2sc(C(=O)N3CCCCC3c3cccc(C(F)(F)F)c3)nn12.Cc1ncc2sc(C(=O)N3CCCCC3c3ccccc3Cl)nn12. The molecule has 2 atom stereocenters. The van der Waals surface area contributed by atoms with Crippen LogP contribution in [0.4, 0.5) is 13.2 Å². The molecule has 0 aliphatic carbocycles. The molecule has 10 nitrogen and oxygen atoms in total. The van der Waals surface area contributed by atoms with Gasteiger partial charge in [0.15, 0.2) is 0 Å². The molecule has 2 aromatic carbocycles. The first-order chi connectivity index (χ1) is 25.5. The third-order valence-corrected chi connectivity index (χ3v) is 11.5. The molecule has 2 amide bonds. The van der Waals surface area contributed by atoms with E-state index in [9.17, 15) is 22.8 Å². The van der Waals surface area contributed by atoms with Crippen molar-refractivity contribution in [3.8, 4) is 0 Å². The van der Waals surface area contributed by atoms with Crippen LogP contribution < -0.4 is 0 Å². The van der Waals surface area contributed by atoms with Gasteiger partial charge in [0.1, 0.15) is 21.3 Å². The zero-order valence-corrected chi connectivity index (χ0v) is 32.2. The number of benzene rings is 2. The normalized spacial score (nSPS) is 17.7. The van der Waals surface area contributed by atoms with Crippen LogP contribution in [-0.4, -0.2) is 63.9 Å². The highest BCUT2D eigenvalue weighted by Crippen LogP contribution is 2.38. The molecule has 4 aromatic heterocycles. The predicted molar refractivity (Wildman–Crippen MR) is 201 cm³/mol. The number of fused-ring (bicyclic) bond motifs is 2. The molecule has 0 spiro atoms. The van der Waals surface area contributed by atoms with Gasteiger partial charge in [-0.05, 0) is 81.7 Å². The Hall–Kier alpha value is -4.34. The second-order valence-electron chi connectivity index (χ2n) is 12.6. The van der Waals surface area contributed by atoms with Gasteiger partial charge in [0, 0.05) is 18.1 Å². The van der Waals surface area contributed by atoms with Crippen LogP contribution in [0.15, 0.2) is 60.9 Å². The number of alkyl halides is 3. The number of amides is 2. The van der Waals surface area contributed by atoms with E-state index in [0.29, 0.717) is 34.4 Å². The number of rotatable bonds is 4. The molecule has 2 saturated heterocycles. The van der Waals surface area contributed by atoms with Crippen LogP contribution in [0.3, 0.4) is 0 Å². The highest BCUT2D eigenvalue weighted by molar-refractivity contribution is 7.19. The lowest BCUT2D eigenvalue weighted by atomic mass is 9.94. The van der Waals surface area contributed by atoms with E-state index in [1.54, 1.807) is 39.3 Å². The quantitative estimate of drug-likeness (QED) is 0.177. The number of hydrogen-bond donors (Lipinski definition) is 0. The minimum atomic E-state index is -4.40. The molecule has 53 heavy (non-hydrogen) atoms. The number of carbonyl (C=O) groups excluding carboxylic acids is 2. The summed E-state index contributed by atoms with van der Waals surface area (Å²) in [6.45, 7) is 8.92. The van der Waals surface area contributed by atoms with E-state index < -0.39 is 11.7 Å². The fourth-order valence-corrected chi connectivity index (χ4v) is 8.78. The molecule has 2 aliphatic rings. The summed E-state index contributed by atoms with van der Waals surface area (Å²) in [5.74, 6) is 1.22. The number of carbonyl (C=O) groups is 2. The van der Waals surface area contributed by atoms with Crippen molar-refractivity contribution >= 4 is 55.7 Å². The molecule has 2 unspecified atom stereocenters. The monoisotopic (exact) mass is 784 g/mol. The maximum absolute atomic E-state index is 13.1. The summed E-state index contributed by atoms with van der Waals surface area (Å²) in [4.78, 5) is 39.7. The Balaban J connectivity index is 0.000000174. The van der Waals surface area contributed by atoms with Crippen molar-refractivity contribution in [2.75, 3.05) is 13.1 Å². The van der Waals surface area contributed by atoms with E-state index in [1.807, 2.05) is 49.9 Å². The molecule has 16 heteroatoms. The van der Waals surface area contributed by atoms with E-state index in [1.165, 1.54) is 28.7 Å². The Kier molecular flexibility index (Phi) is 11.8. The Bertz CT molecular complexity index is 2210. The molecule has 280 valence electrons. The van der Waals surface area contributed by atoms with Gasteiger partial charge in [0.25, 0.3) is 11.8 Å². The molecule has 2 fully saturated rings. The minimum Gasteiger partial charge on any atom is -0.329 e. The number of piperidine rings is 2. The Morgan fingerprint density at radius 3 is 1.81 bits per heavy atom. The summed E-state index contributed by atoms with van der Waals surface area (Å²) in [7, 11) is 0. The van der Waals surface area contributed by atoms with E-state index in [4.69, 9.17) is 11.6 Å². The molecule has 0 N–H and O–H groups in total. The van der Waals surface area contributed by atoms with Crippen LogP contribution in [0.5, 0.6) is 0 Å². The van der Waals surface area contributed by atoms with Crippen molar-refractivity contribution < 1.29 is 22.8 Å². The Morgan fingerprint density at radius 1 is 0.755 bits per heavy atom. The van der Waals surface area contributed by atoms with Gasteiger partial charge >= 0.3 is 6.18 Å². The number of imidazole rings is 2. The Labute approximate surface area is 318 Å². The lowest BCUT2D eigenvalue weighted by molar-refractivity contribution is -0.137. The molecule has 0 saturated carbocycles. The van der Waals surface area contributed by atoms with Crippen molar-refractivity contribution in [3.05, 3.63) is 104 Å². The van der Waals surface area contributed by atoms with Gasteiger partial charge in [-0.15, -0.1) is 10.2 Å². The summed E-state index contributed by atoms with van der Waals surface area (Å²) in [5.41, 5.74) is 0.843. The van der Waals surface area contributed by atoms with Gasteiger partial charge in [-0.1, -0.05) is 78.5 Å². The van der Waals surface area contributed by atoms with Crippen molar-refractivity contribution in [1.29, 1.82) is 0 Å². The van der Waals surface area contributed by atoms with Crippen LogP contribution in [0.2, 0.25) is 5.02 Å². The Morgan fingerprint density at radius 2 is 1.28 bits per heavy atom. The summed E-state index contributed by atoms with van der Waals surface area (Å²) >= 11 is 9.01. The van der Waals surface area contributed by atoms with Crippen LogP contribution in [0, 0.1) is 13.8 Å². The number of likely N-dealkylation sites (tertiary alicyclic amines) is 2. The largest absolute Gasteiger partial charge is 0.416 e. The zero-order chi connectivity index (χ0) is 37.9. The van der Waals surface area contributed by atoms with Crippen molar-refractivity contribution in [3.63, 3.8) is 0 Å². The lowest BCUT2D eigenvalue weighted by Gasteiger charge is -2.35. The maximum Gasteiger partial charge on any atom is 0.416 e. The number of aromatic nitrogens is 6. The predicted octanol–water partition coefficient (Wildman–Crippen LogP) is 9.63. The second-order valence-corrected chi connectivity index (χ2v) is 15.0. The molecule has 0 bridgehead atoms. The molecular formula is C37H40ClF3N8O2S2. The van der Waals surface area contributed by atoms with Crippen LogP contribution in [-0.2, 0) is 6.18 Å². The molecule has 6 heterocycles. The smallest absolute Gasteiger partial charge is 0.329 e. The number of nitrogens with zero attached hydrogens (tertiary/aromatic N) is 8. The van der Waals surface area contributed by atoms with E-state index >= 15 is 0 Å². The van der Waals surface area contributed by atoms with E-state index in [-0.39, 0.29) is 23.9 Å². The first kappa shape index (κ1) is 38.4. The van der Waals surface area contributed by atoms with Gasteiger partial charge in [-0.25, -0.2) is 19.0 Å². The summed E-state index contributed by atoms with van der Waals surface area (Å²) < 4.78 is 42.6. The molecule has 0 radical (unpaired) electrons. The third kappa shape index (κ3) is 8.11. The van der Waals surface area contributed by atoms with Crippen molar-refractivity contribution in [2.24, 2.45) is 0 Å². The van der Waals surface area contributed by atoms with Gasteiger partial charge < -0.3 is 9.80 Å². The van der Waals surface area contributed by atoms with Crippen LogP contribution in [0.25, 0.3) is 9.66 Å². The third-order valence-electron chi connectivity index (χ3n) is 9.29. The van der Waals surface area contributed by atoms with Gasteiger partial charge in [-0.2, -0.15) is 13.2 Å². The average Bonchev–Trinajstić information content (AvgIpc) is 3.96. The van der Waals surface area contributed by atoms with Crippen molar-refractivity contribution in [1.82, 2.24) is 39.0 Å². The zero-order valence-electron chi connectivity index (χ0n) is 29.8. The number of aryl methyl sites for hydroxylation is 2. The van der Waals surface area contributed by atoms with Gasteiger partial charge in [-0.3, -0.25) is 9.59 Å². The number of hydrogen-bond acceptors (Lipinski definition) is 8. The first-order valence-electron chi connectivity index (χ1n) is 17.7. The molecule has 2 aliphatic heterocycles. The molecular weight excluding hydrogens is 745 g/mol. The van der Waals surface area contributed by atoms with Crippen LogP contribution >= 0.6 is 34.3 Å². The topological polar surface area (TPSA) is 101 Å². The van der Waals surface area contributed by atoms with Crippen molar-refractivity contribution in [2.45, 2.75) is 84.5 Å².